The minimum Gasteiger partial charge on any atom is -0.398 e. The maximum atomic E-state index is 12.7. The van der Waals surface area contributed by atoms with Crippen molar-refractivity contribution in [3.05, 3.63) is 23.8 Å². The van der Waals surface area contributed by atoms with Gasteiger partial charge in [-0.25, -0.2) is 0 Å². The van der Waals surface area contributed by atoms with E-state index in [2.05, 4.69) is 5.32 Å². The molecule has 0 radical (unpaired) electrons. The van der Waals surface area contributed by atoms with Crippen LogP contribution in [-0.2, 0) is 6.18 Å². The fourth-order valence-electron chi connectivity index (χ4n) is 1.77. The van der Waals surface area contributed by atoms with E-state index in [1.165, 1.54) is 6.07 Å². The summed E-state index contributed by atoms with van der Waals surface area (Å²) in [5, 5.41) is 3.06. The monoisotopic (exact) mass is 276 g/mol. The summed E-state index contributed by atoms with van der Waals surface area (Å²) >= 11 is 1.76. The van der Waals surface area contributed by atoms with Gasteiger partial charge in [-0.1, -0.05) is 0 Å². The molecule has 0 heterocycles. The zero-order valence-corrected chi connectivity index (χ0v) is 10.8. The van der Waals surface area contributed by atoms with E-state index < -0.39 is 11.7 Å². The van der Waals surface area contributed by atoms with E-state index in [0.29, 0.717) is 12.2 Å². The zero-order chi connectivity index (χ0) is 13.4. The molecule has 0 amide bonds. The van der Waals surface area contributed by atoms with Gasteiger partial charge in [-0.15, -0.1) is 0 Å². The Labute approximate surface area is 108 Å². The van der Waals surface area contributed by atoms with Crippen molar-refractivity contribution < 1.29 is 13.2 Å². The van der Waals surface area contributed by atoms with Crippen LogP contribution in [0.3, 0.4) is 0 Å². The molecule has 2 rings (SSSR count). The van der Waals surface area contributed by atoms with E-state index in [4.69, 9.17) is 5.73 Å². The molecule has 0 aromatic heterocycles. The van der Waals surface area contributed by atoms with E-state index in [1.54, 1.807) is 17.8 Å². The molecule has 1 aliphatic rings. The molecule has 3 N–H and O–H groups in total. The summed E-state index contributed by atoms with van der Waals surface area (Å²) in [4.78, 5) is 0. The Hall–Kier alpha value is -1.04. The minimum absolute atomic E-state index is 0.208. The number of anilines is 2. The average Bonchev–Trinajstić information content (AvgIpc) is 3.07. The van der Waals surface area contributed by atoms with Crippen LogP contribution in [0.25, 0.3) is 0 Å². The third kappa shape index (κ3) is 2.85. The Bertz CT molecular complexity index is 441. The molecule has 0 bridgehead atoms. The average molecular weight is 276 g/mol. The Morgan fingerprint density at radius 2 is 2.06 bits per heavy atom. The molecule has 1 aromatic carbocycles. The van der Waals surface area contributed by atoms with Crippen molar-refractivity contribution in [2.45, 2.75) is 23.8 Å². The van der Waals surface area contributed by atoms with Gasteiger partial charge in [-0.2, -0.15) is 24.9 Å². The van der Waals surface area contributed by atoms with Crippen molar-refractivity contribution >= 4 is 23.1 Å². The highest BCUT2D eigenvalue weighted by molar-refractivity contribution is 8.00. The summed E-state index contributed by atoms with van der Waals surface area (Å²) in [6.07, 6.45) is -0.151. The normalized spacial score (nSPS) is 17.6. The number of nitrogens with one attached hydrogen (secondary N) is 1. The predicted molar refractivity (Wildman–Crippen MR) is 69.8 cm³/mol. The number of hydrogen-bond acceptors (Lipinski definition) is 3. The molecule has 1 aromatic rings. The van der Waals surface area contributed by atoms with Gasteiger partial charge in [-0.3, -0.25) is 0 Å². The van der Waals surface area contributed by atoms with Crippen molar-refractivity contribution in [1.82, 2.24) is 0 Å². The second-order valence-corrected chi connectivity index (χ2v) is 5.81. The molecule has 2 nitrogen and oxygen atoms in total. The molecule has 0 spiro atoms. The number of rotatable bonds is 4. The highest BCUT2D eigenvalue weighted by atomic mass is 32.2. The maximum absolute atomic E-state index is 12.7. The van der Waals surface area contributed by atoms with E-state index in [9.17, 15) is 13.2 Å². The number of hydrogen-bond donors (Lipinski definition) is 2. The summed E-state index contributed by atoms with van der Waals surface area (Å²) in [6.45, 7) is 0.690. The lowest BCUT2D eigenvalue weighted by Crippen LogP contribution is -2.18. The number of thioether (sulfide) groups is 1. The van der Waals surface area contributed by atoms with Gasteiger partial charge < -0.3 is 11.1 Å². The molecule has 1 fully saturated rings. The molecule has 100 valence electrons. The van der Waals surface area contributed by atoms with Crippen molar-refractivity contribution in [3.63, 3.8) is 0 Å². The first kappa shape index (κ1) is 13.4. The standard InChI is InChI=1S/C12H15F3N2S/c1-18-11(4-5-11)7-17-8-2-3-10(16)9(6-8)12(13,14)15/h2-3,6,17H,4-5,7,16H2,1H3. The number of nitrogens with two attached hydrogens (primary N) is 1. The molecule has 0 atom stereocenters. The zero-order valence-electron chi connectivity index (χ0n) is 9.97. The lowest BCUT2D eigenvalue weighted by Gasteiger charge is -2.16. The van der Waals surface area contributed by atoms with Gasteiger partial charge in [-0.05, 0) is 37.3 Å². The van der Waals surface area contributed by atoms with Crippen molar-refractivity contribution in [1.29, 1.82) is 0 Å². The second-order valence-electron chi connectivity index (χ2n) is 4.54. The van der Waals surface area contributed by atoms with Gasteiger partial charge in [0.15, 0.2) is 0 Å². The molecule has 0 unspecified atom stereocenters. The van der Waals surface area contributed by atoms with Gasteiger partial charge in [0, 0.05) is 22.7 Å². The molecule has 0 saturated heterocycles. The van der Waals surface area contributed by atoms with Crippen LogP contribution in [0.2, 0.25) is 0 Å². The van der Waals surface area contributed by atoms with E-state index in [1.807, 2.05) is 6.26 Å². The molecular weight excluding hydrogens is 261 g/mol. The van der Waals surface area contributed by atoms with Gasteiger partial charge >= 0.3 is 6.18 Å². The first-order chi connectivity index (χ1) is 8.36. The summed E-state index contributed by atoms with van der Waals surface area (Å²) in [6, 6.07) is 3.95. The van der Waals surface area contributed by atoms with Gasteiger partial charge in [0.25, 0.3) is 0 Å². The van der Waals surface area contributed by atoms with Crippen molar-refractivity contribution in [3.8, 4) is 0 Å². The SMILES string of the molecule is CSC1(CNc2ccc(N)c(C(F)(F)F)c2)CC1. The highest BCUT2D eigenvalue weighted by Gasteiger charge is 2.41. The Kier molecular flexibility index (Phi) is 3.40. The lowest BCUT2D eigenvalue weighted by molar-refractivity contribution is -0.136. The van der Waals surface area contributed by atoms with Crippen molar-refractivity contribution in [2.75, 3.05) is 23.9 Å². The highest BCUT2D eigenvalue weighted by Crippen LogP contribution is 2.47. The minimum atomic E-state index is -4.40. The van der Waals surface area contributed by atoms with E-state index in [-0.39, 0.29) is 10.4 Å². The third-order valence-electron chi connectivity index (χ3n) is 3.21. The maximum Gasteiger partial charge on any atom is 0.418 e. The number of benzene rings is 1. The Morgan fingerprint density at radius 3 is 2.56 bits per heavy atom. The molecule has 18 heavy (non-hydrogen) atoms. The van der Waals surface area contributed by atoms with Crippen LogP contribution in [0, 0.1) is 0 Å². The molecule has 1 aliphatic carbocycles. The topological polar surface area (TPSA) is 38.0 Å². The number of halogens is 3. The van der Waals surface area contributed by atoms with Crippen LogP contribution < -0.4 is 11.1 Å². The van der Waals surface area contributed by atoms with Crippen LogP contribution in [0.1, 0.15) is 18.4 Å². The number of alkyl halides is 3. The fourth-order valence-corrected chi connectivity index (χ4v) is 2.49. The number of nitrogen functional groups attached to an aromatic ring is 1. The van der Waals surface area contributed by atoms with E-state index in [0.717, 1.165) is 18.9 Å². The summed E-state index contributed by atoms with van der Waals surface area (Å²) in [5.41, 5.74) is 4.80. The summed E-state index contributed by atoms with van der Waals surface area (Å²) in [5.74, 6) is 0. The van der Waals surface area contributed by atoms with E-state index >= 15 is 0 Å². The Morgan fingerprint density at radius 1 is 1.39 bits per heavy atom. The third-order valence-corrected chi connectivity index (χ3v) is 4.63. The summed E-state index contributed by atoms with van der Waals surface area (Å²) < 4.78 is 38.2. The molecule has 6 heteroatoms. The van der Waals surface area contributed by atoms with Crippen LogP contribution >= 0.6 is 11.8 Å². The fraction of sp³-hybridized carbons (Fsp3) is 0.500. The molecule has 0 aliphatic heterocycles. The molecular formula is C12H15F3N2S. The second kappa shape index (κ2) is 4.57. The quantitative estimate of drug-likeness (QED) is 0.825. The first-order valence-corrected chi connectivity index (χ1v) is 6.84. The largest absolute Gasteiger partial charge is 0.418 e. The van der Waals surface area contributed by atoms with Gasteiger partial charge in [0.2, 0.25) is 0 Å². The smallest absolute Gasteiger partial charge is 0.398 e. The van der Waals surface area contributed by atoms with Crippen LogP contribution in [0.5, 0.6) is 0 Å². The van der Waals surface area contributed by atoms with Crippen LogP contribution in [0.15, 0.2) is 18.2 Å². The van der Waals surface area contributed by atoms with Crippen LogP contribution in [0.4, 0.5) is 24.5 Å². The van der Waals surface area contributed by atoms with Gasteiger partial charge in [0.1, 0.15) is 0 Å². The summed E-state index contributed by atoms with van der Waals surface area (Å²) in [7, 11) is 0. The predicted octanol–water partition coefficient (Wildman–Crippen LogP) is 3.60. The van der Waals surface area contributed by atoms with Crippen LogP contribution in [-0.4, -0.2) is 17.5 Å². The first-order valence-electron chi connectivity index (χ1n) is 5.62. The molecule has 1 saturated carbocycles. The van der Waals surface area contributed by atoms with Gasteiger partial charge in [0.05, 0.1) is 5.56 Å². The Balaban J connectivity index is 2.10. The lowest BCUT2D eigenvalue weighted by atomic mass is 10.1. The van der Waals surface area contributed by atoms with Crippen molar-refractivity contribution in [2.24, 2.45) is 0 Å².